The molecule has 51 heavy (non-hydrogen) atoms. The van der Waals surface area contributed by atoms with Crippen LogP contribution in [-0.2, 0) is 25.7 Å². The molecule has 13 nitrogen and oxygen atoms in total. The van der Waals surface area contributed by atoms with Gasteiger partial charge in [0.2, 0.25) is 5.91 Å². The number of benzene rings is 2. The number of para-hydroxylation sites is 1. The lowest BCUT2D eigenvalue weighted by Gasteiger charge is -2.28. The van der Waals surface area contributed by atoms with Crippen LogP contribution in [0.1, 0.15) is 76.1 Å². The van der Waals surface area contributed by atoms with Gasteiger partial charge in [-0.25, -0.2) is 14.5 Å². The third kappa shape index (κ3) is 8.83. The summed E-state index contributed by atoms with van der Waals surface area (Å²) in [4.78, 5) is 74.4. The average Bonchev–Trinajstić information content (AvgIpc) is 3.89. The van der Waals surface area contributed by atoms with Gasteiger partial charge < -0.3 is 30.3 Å². The first-order valence-corrected chi connectivity index (χ1v) is 17.1. The Bertz CT molecular complexity index is 1780. The molecule has 1 aliphatic heterocycles. The molecule has 2 unspecified atom stereocenters. The van der Waals surface area contributed by atoms with E-state index in [2.05, 4.69) is 20.9 Å². The molecule has 1 saturated heterocycles. The number of ether oxygens (including phenoxy) is 2. The van der Waals surface area contributed by atoms with Gasteiger partial charge in [0, 0.05) is 24.6 Å². The van der Waals surface area contributed by atoms with E-state index in [1.807, 2.05) is 25.1 Å². The van der Waals surface area contributed by atoms with E-state index < -0.39 is 47.5 Å². The molecule has 5 rings (SSSR count). The van der Waals surface area contributed by atoms with Crippen molar-refractivity contribution in [3.63, 3.8) is 0 Å². The van der Waals surface area contributed by atoms with E-state index in [1.165, 1.54) is 12.0 Å². The molecular formula is C38H46N6O7. The normalized spacial score (nSPS) is 16.5. The van der Waals surface area contributed by atoms with E-state index in [9.17, 15) is 24.0 Å². The van der Waals surface area contributed by atoms with Gasteiger partial charge in [-0.2, -0.15) is 0 Å². The van der Waals surface area contributed by atoms with Crippen molar-refractivity contribution in [3.8, 4) is 5.75 Å². The second-order valence-corrected chi connectivity index (χ2v) is 13.8. The van der Waals surface area contributed by atoms with Crippen molar-refractivity contribution in [3.05, 3.63) is 83.7 Å². The molecule has 0 radical (unpaired) electrons. The Morgan fingerprint density at radius 2 is 1.73 bits per heavy atom. The van der Waals surface area contributed by atoms with Gasteiger partial charge in [-0.15, -0.1) is 0 Å². The Morgan fingerprint density at radius 3 is 2.37 bits per heavy atom. The minimum atomic E-state index is -1.28. The van der Waals surface area contributed by atoms with Gasteiger partial charge >= 0.3 is 18.0 Å². The predicted molar refractivity (Wildman–Crippen MR) is 191 cm³/mol. The topological polar surface area (TPSA) is 159 Å². The Kier molecular flexibility index (Phi) is 11.3. The van der Waals surface area contributed by atoms with E-state index in [4.69, 9.17) is 9.47 Å². The summed E-state index contributed by atoms with van der Waals surface area (Å²) in [6, 6.07) is 13.1. The number of carbonyl (C=O) groups excluding carboxylic acids is 5. The van der Waals surface area contributed by atoms with Crippen molar-refractivity contribution in [2.24, 2.45) is 5.92 Å². The van der Waals surface area contributed by atoms with Crippen LogP contribution in [0.25, 0.3) is 0 Å². The summed E-state index contributed by atoms with van der Waals surface area (Å²) < 4.78 is 10.9. The van der Waals surface area contributed by atoms with Gasteiger partial charge in [0.1, 0.15) is 17.3 Å². The number of amides is 6. The van der Waals surface area contributed by atoms with E-state index in [0.29, 0.717) is 34.7 Å². The minimum absolute atomic E-state index is 0.0389. The second-order valence-electron chi connectivity index (χ2n) is 13.8. The van der Waals surface area contributed by atoms with Crippen LogP contribution in [0.3, 0.4) is 0 Å². The van der Waals surface area contributed by atoms with Crippen molar-refractivity contribution in [1.82, 2.24) is 20.1 Å². The fourth-order valence-corrected chi connectivity index (χ4v) is 6.09. The Hall–Kier alpha value is -5.46. The maximum atomic E-state index is 14.2. The molecule has 1 aliphatic carbocycles. The summed E-state index contributed by atoms with van der Waals surface area (Å²) in [5.41, 5.74) is 1.96. The molecule has 1 aromatic heterocycles. The van der Waals surface area contributed by atoms with Crippen molar-refractivity contribution < 1.29 is 33.4 Å². The highest BCUT2D eigenvalue weighted by atomic mass is 16.5. The zero-order chi connectivity index (χ0) is 36.9. The second kappa shape index (κ2) is 15.6. The number of rotatable bonds is 14. The van der Waals surface area contributed by atoms with Crippen LogP contribution in [-0.4, -0.2) is 69.4 Å². The molecule has 3 N–H and O–H groups in total. The lowest BCUT2D eigenvalue weighted by molar-refractivity contribution is -0.148. The monoisotopic (exact) mass is 698 g/mol. The van der Waals surface area contributed by atoms with E-state index in [1.54, 1.807) is 76.5 Å². The number of carbonyl (C=O) groups is 5. The number of aromatic nitrogens is 1. The standard InChI is InChI=1S/C38H46N6O7/c1-23(2)51-33(45)20-30(27-11-9-17-39-21-27)40-34(46)31(18-25-13-14-25)44-35(47)38(4,5)43(37(44)49)22-26-15-16-29(32(19-26)50-6)42-36(48)41-28-12-8-7-10-24(28)3/h7-12,15-17,19,21,23,25,30-31H,13-14,18,20,22H2,1-6H3,(H,40,46)(H2,41,42,48). The molecule has 2 atom stereocenters. The lowest BCUT2D eigenvalue weighted by Crippen LogP contribution is -2.51. The Balaban J connectivity index is 1.34. The van der Waals surface area contributed by atoms with Crippen LogP contribution in [0.2, 0.25) is 0 Å². The molecule has 2 aromatic carbocycles. The predicted octanol–water partition coefficient (Wildman–Crippen LogP) is 5.95. The maximum absolute atomic E-state index is 14.2. The highest BCUT2D eigenvalue weighted by Crippen LogP contribution is 2.39. The average molecular weight is 699 g/mol. The van der Waals surface area contributed by atoms with Crippen molar-refractivity contribution >= 4 is 41.2 Å². The molecule has 2 fully saturated rings. The Labute approximate surface area is 298 Å². The number of aryl methyl sites for hydroxylation is 1. The fraction of sp³-hybridized carbons (Fsp3) is 0.421. The van der Waals surface area contributed by atoms with Crippen LogP contribution in [0.15, 0.2) is 67.0 Å². The summed E-state index contributed by atoms with van der Waals surface area (Å²) in [6.45, 7) is 8.73. The number of anilines is 2. The lowest BCUT2D eigenvalue weighted by atomic mass is 10.0. The summed E-state index contributed by atoms with van der Waals surface area (Å²) >= 11 is 0. The van der Waals surface area contributed by atoms with Gasteiger partial charge in [-0.05, 0) is 87.9 Å². The third-order valence-electron chi connectivity index (χ3n) is 9.11. The van der Waals surface area contributed by atoms with Crippen molar-refractivity contribution in [2.45, 2.75) is 90.6 Å². The first-order chi connectivity index (χ1) is 24.3. The summed E-state index contributed by atoms with van der Waals surface area (Å²) in [7, 11) is 1.47. The first-order valence-electron chi connectivity index (χ1n) is 17.1. The van der Waals surface area contributed by atoms with Gasteiger partial charge in [0.15, 0.2) is 0 Å². The SMILES string of the molecule is COc1cc(CN2C(=O)N(C(CC3CC3)C(=O)NC(CC(=O)OC(C)C)c3cccnc3)C(=O)C2(C)C)ccc1NC(=O)Nc1ccccc1C. The molecule has 6 amide bonds. The quantitative estimate of drug-likeness (QED) is 0.138. The fourth-order valence-electron chi connectivity index (χ4n) is 6.09. The molecule has 3 aromatic rings. The van der Waals surface area contributed by atoms with Gasteiger partial charge in [0.05, 0.1) is 31.4 Å². The molecule has 2 aliphatic rings. The number of nitrogens with one attached hydrogen (secondary N) is 3. The molecule has 13 heteroatoms. The number of hydrogen-bond donors (Lipinski definition) is 3. The number of nitrogens with zero attached hydrogens (tertiary/aromatic N) is 3. The summed E-state index contributed by atoms with van der Waals surface area (Å²) in [5.74, 6) is -0.976. The maximum Gasteiger partial charge on any atom is 0.328 e. The Morgan fingerprint density at radius 1 is 1.00 bits per heavy atom. The first kappa shape index (κ1) is 36.8. The highest BCUT2D eigenvalue weighted by molar-refractivity contribution is 6.09. The number of esters is 1. The van der Waals surface area contributed by atoms with Crippen molar-refractivity contribution in [2.75, 3.05) is 17.7 Å². The van der Waals surface area contributed by atoms with Crippen LogP contribution in [0, 0.1) is 12.8 Å². The number of pyridine rings is 1. The molecule has 1 saturated carbocycles. The van der Waals surface area contributed by atoms with Gasteiger partial charge in [0.25, 0.3) is 5.91 Å². The highest BCUT2D eigenvalue weighted by Gasteiger charge is 2.55. The molecule has 0 bridgehead atoms. The molecule has 2 heterocycles. The van der Waals surface area contributed by atoms with Crippen LogP contribution >= 0.6 is 0 Å². The number of hydrogen-bond acceptors (Lipinski definition) is 8. The van der Waals surface area contributed by atoms with Crippen LogP contribution < -0.4 is 20.7 Å². The number of methoxy groups -OCH3 is 1. The van der Waals surface area contributed by atoms with Crippen LogP contribution in [0.4, 0.5) is 21.0 Å². The third-order valence-corrected chi connectivity index (χ3v) is 9.11. The minimum Gasteiger partial charge on any atom is -0.495 e. The zero-order valence-corrected chi connectivity index (χ0v) is 29.9. The van der Waals surface area contributed by atoms with Gasteiger partial charge in [-0.1, -0.05) is 43.2 Å². The molecule has 0 spiro atoms. The smallest absolute Gasteiger partial charge is 0.328 e. The van der Waals surface area contributed by atoms with Crippen molar-refractivity contribution in [1.29, 1.82) is 0 Å². The van der Waals surface area contributed by atoms with Crippen LogP contribution in [0.5, 0.6) is 5.75 Å². The number of urea groups is 2. The van der Waals surface area contributed by atoms with Gasteiger partial charge in [-0.3, -0.25) is 19.4 Å². The van der Waals surface area contributed by atoms with E-state index in [0.717, 1.165) is 23.3 Å². The zero-order valence-electron chi connectivity index (χ0n) is 29.9. The molecule has 270 valence electrons. The molecular weight excluding hydrogens is 652 g/mol. The van der Waals surface area contributed by atoms with E-state index >= 15 is 0 Å². The summed E-state index contributed by atoms with van der Waals surface area (Å²) in [6.07, 6.45) is 4.76. The number of imide groups is 1. The van der Waals surface area contributed by atoms with E-state index in [-0.39, 0.29) is 25.0 Å². The summed E-state index contributed by atoms with van der Waals surface area (Å²) in [5, 5.41) is 8.56. The largest absolute Gasteiger partial charge is 0.495 e.